The van der Waals surface area contributed by atoms with Gasteiger partial charge in [0.25, 0.3) is 0 Å². The number of anilines is 1. The van der Waals surface area contributed by atoms with Gasteiger partial charge in [0.05, 0.1) is 5.69 Å². The van der Waals surface area contributed by atoms with Crippen LogP contribution in [0.2, 0.25) is 0 Å². The predicted molar refractivity (Wildman–Crippen MR) is 42.9 cm³/mol. The first-order valence-corrected chi connectivity index (χ1v) is 3.32. The molecule has 1 N–H and O–H groups in total. The summed E-state index contributed by atoms with van der Waals surface area (Å²) >= 11 is 0. The summed E-state index contributed by atoms with van der Waals surface area (Å²) in [6, 6.07) is 6.26. The van der Waals surface area contributed by atoms with Gasteiger partial charge in [-0.3, -0.25) is 4.98 Å². The molecule has 0 bridgehead atoms. The van der Waals surface area contributed by atoms with Gasteiger partial charge in [-0.05, 0) is 12.1 Å². The van der Waals surface area contributed by atoms with Crippen molar-refractivity contribution < 1.29 is 0 Å². The third-order valence-corrected chi connectivity index (χ3v) is 1.23. The highest BCUT2D eigenvalue weighted by Crippen LogP contribution is 2.03. The smallest absolute Gasteiger partial charge is 0.202 e. The molecule has 58 valence electrons. The number of hydrogen-bond acceptors (Lipinski definition) is 4. The van der Waals surface area contributed by atoms with Gasteiger partial charge in [-0.25, -0.2) is 0 Å². The first-order chi connectivity index (χ1) is 5.86. The minimum absolute atomic E-state index is 0.672. The lowest BCUT2D eigenvalue weighted by Crippen LogP contribution is -2.14. The van der Waals surface area contributed by atoms with Crippen molar-refractivity contribution in [2.24, 2.45) is 0 Å². The molecule has 0 unspecified atom stereocenters. The molecular weight excluding hydrogens is 152 g/mol. The number of aromatic nitrogens is 1. The summed E-state index contributed by atoms with van der Waals surface area (Å²) in [4.78, 5) is 3.83. The maximum atomic E-state index is 8.43. The fraction of sp³-hybridized carbons (Fsp3) is 0.125. The van der Waals surface area contributed by atoms with Gasteiger partial charge in [-0.1, -0.05) is 0 Å². The van der Waals surface area contributed by atoms with Crippen LogP contribution in [-0.4, -0.2) is 11.0 Å². The Hall–Kier alpha value is -2.07. The van der Waals surface area contributed by atoms with Crippen LogP contribution in [0.5, 0.6) is 0 Å². The van der Waals surface area contributed by atoms with Crippen molar-refractivity contribution in [3.05, 3.63) is 24.5 Å². The Kier molecular flexibility index (Phi) is 2.64. The number of nitrogens with one attached hydrogen (secondary N) is 1. The van der Waals surface area contributed by atoms with Crippen LogP contribution in [0.3, 0.4) is 0 Å². The monoisotopic (exact) mass is 158 g/mol. The number of nitriles is 2. The van der Waals surface area contributed by atoms with Gasteiger partial charge in [0.1, 0.15) is 12.1 Å². The molecule has 1 rings (SSSR count). The van der Waals surface area contributed by atoms with Crippen LogP contribution in [0.15, 0.2) is 24.5 Å². The second kappa shape index (κ2) is 3.95. The molecular formula is C8H6N4. The lowest BCUT2D eigenvalue weighted by Gasteiger charge is -2.03. The van der Waals surface area contributed by atoms with Crippen LogP contribution in [-0.2, 0) is 0 Å². The summed E-state index contributed by atoms with van der Waals surface area (Å²) in [5.41, 5.74) is 0.672. The second-order valence-electron chi connectivity index (χ2n) is 2.08. The maximum absolute atomic E-state index is 8.43. The van der Waals surface area contributed by atoms with Crippen LogP contribution in [0.25, 0.3) is 0 Å². The Bertz CT molecular complexity index is 305. The van der Waals surface area contributed by atoms with Crippen LogP contribution in [0.4, 0.5) is 5.69 Å². The largest absolute Gasteiger partial charge is 0.357 e. The molecule has 12 heavy (non-hydrogen) atoms. The Labute approximate surface area is 70.1 Å². The Morgan fingerprint density at radius 2 is 2.17 bits per heavy atom. The maximum Gasteiger partial charge on any atom is 0.202 e. The van der Waals surface area contributed by atoms with Gasteiger partial charge in [0.2, 0.25) is 6.04 Å². The summed E-state index contributed by atoms with van der Waals surface area (Å²) in [5.74, 6) is 0. The molecule has 1 heterocycles. The predicted octanol–water partition coefficient (Wildman–Crippen LogP) is 0.909. The topological polar surface area (TPSA) is 72.5 Å². The van der Waals surface area contributed by atoms with Gasteiger partial charge in [-0.15, -0.1) is 0 Å². The minimum Gasteiger partial charge on any atom is -0.357 e. The average molecular weight is 158 g/mol. The molecule has 0 aromatic carbocycles. The highest BCUT2D eigenvalue weighted by molar-refractivity contribution is 5.44. The minimum atomic E-state index is -0.811. The van der Waals surface area contributed by atoms with Crippen molar-refractivity contribution in [3.8, 4) is 12.1 Å². The van der Waals surface area contributed by atoms with Crippen molar-refractivity contribution in [1.82, 2.24) is 4.98 Å². The van der Waals surface area contributed by atoms with E-state index in [2.05, 4.69) is 10.3 Å². The summed E-state index contributed by atoms with van der Waals surface area (Å²) in [5, 5.41) is 19.6. The normalized spacial score (nSPS) is 8.58. The molecule has 0 saturated carbocycles. The zero-order valence-corrected chi connectivity index (χ0v) is 6.23. The molecule has 0 aliphatic heterocycles. The molecule has 4 nitrogen and oxygen atoms in total. The van der Waals surface area contributed by atoms with E-state index in [9.17, 15) is 0 Å². The molecule has 0 amide bonds. The van der Waals surface area contributed by atoms with E-state index in [1.165, 1.54) is 0 Å². The van der Waals surface area contributed by atoms with Crippen molar-refractivity contribution in [2.45, 2.75) is 6.04 Å². The Morgan fingerprint density at radius 1 is 1.42 bits per heavy atom. The Morgan fingerprint density at radius 3 is 2.67 bits per heavy atom. The first-order valence-electron chi connectivity index (χ1n) is 3.32. The van der Waals surface area contributed by atoms with E-state index < -0.39 is 6.04 Å². The highest BCUT2D eigenvalue weighted by Gasteiger charge is 2.02. The SMILES string of the molecule is N#CC(C#N)Nc1cccnc1. The number of hydrogen-bond donors (Lipinski definition) is 1. The molecule has 0 aliphatic carbocycles. The fourth-order valence-corrected chi connectivity index (χ4v) is 0.708. The molecule has 4 heteroatoms. The number of rotatable bonds is 2. The van der Waals surface area contributed by atoms with E-state index in [0.717, 1.165) is 0 Å². The number of pyridine rings is 1. The molecule has 0 spiro atoms. The zero-order chi connectivity index (χ0) is 8.81. The summed E-state index contributed by atoms with van der Waals surface area (Å²) in [6.07, 6.45) is 3.18. The number of nitrogens with zero attached hydrogens (tertiary/aromatic N) is 3. The van der Waals surface area contributed by atoms with Crippen LogP contribution >= 0.6 is 0 Å². The van der Waals surface area contributed by atoms with Crippen LogP contribution in [0, 0.1) is 22.7 Å². The quantitative estimate of drug-likeness (QED) is 0.694. The van der Waals surface area contributed by atoms with E-state index in [1.807, 2.05) is 0 Å². The summed E-state index contributed by atoms with van der Waals surface area (Å²) < 4.78 is 0. The van der Waals surface area contributed by atoms with E-state index in [1.54, 1.807) is 36.7 Å². The summed E-state index contributed by atoms with van der Waals surface area (Å²) in [7, 11) is 0. The van der Waals surface area contributed by atoms with Crippen molar-refractivity contribution in [2.75, 3.05) is 5.32 Å². The first kappa shape index (κ1) is 8.03. The Balaban J connectivity index is 2.66. The zero-order valence-electron chi connectivity index (χ0n) is 6.23. The standard InChI is InChI=1S/C8H6N4/c9-4-8(5-10)12-7-2-1-3-11-6-7/h1-3,6,8,12H. The lowest BCUT2D eigenvalue weighted by molar-refractivity contribution is 1.12. The molecule has 0 radical (unpaired) electrons. The van der Waals surface area contributed by atoms with Gasteiger partial charge in [0, 0.05) is 12.4 Å². The lowest BCUT2D eigenvalue weighted by atomic mass is 10.3. The fourth-order valence-electron chi connectivity index (χ4n) is 0.708. The highest BCUT2D eigenvalue weighted by atomic mass is 14.9. The van der Waals surface area contributed by atoms with Gasteiger partial charge in [0.15, 0.2) is 0 Å². The van der Waals surface area contributed by atoms with Crippen molar-refractivity contribution in [1.29, 1.82) is 10.5 Å². The molecule has 0 aliphatic rings. The van der Waals surface area contributed by atoms with Gasteiger partial charge in [-0.2, -0.15) is 10.5 Å². The molecule has 0 fully saturated rings. The van der Waals surface area contributed by atoms with Crippen molar-refractivity contribution in [3.63, 3.8) is 0 Å². The van der Waals surface area contributed by atoms with Gasteiger partial charge >= 0.3 is 0 Å². The third-order valence-electron chi connectivity index (χ3n) is 1.23. The average Bonchev–Trinajstić information content (AvgIpc) is 2.16. The van der Waals surface area contributed by atoms with Crippen LogP contribution < -0.4 is 5.32 Å². The second-order valence-corrected chi connectivity index (χ2v) is 2.08. The van der Waals surface area contributed by atoms with E-state index >= 15 is 0 Å². The molecule has 0 saturated heterocycles. The molecule has 1 aromatic heterocycles. The van der Waals surface area contributed by atoms with E-state index in [0.29, 0.717) is 5.69 Å². The van der Waals surface area contributed by atoms with E-state index in [-0.39, 0.29) is 0 Å². The third kappa shape index (κ3) is 1.96. The van der Waals surface area contributed by atoms with Crippen molar-refractivity contribution >= 4 is 5.69 Å². The molecule has 1 aromatic rings. The molecule has 0 atom stereocenters. The van der Waals surface area contributed by atoms with E-state index in [4.69, 9.17) is 10.5 Å². The van der Waals surface area contributed by atoms with Gasteiger partial charge < -0.3 is 5.32 Å². The summed E-state index contributed by atoms with van der Waals surface area (Å²) in [6.45, 7) is 0. The van der Waals surface area contributed by atoms with Crippen LogP contribution in [0.1, 0.15) is 0 Å².